The molecule has 0 amide bonds. The van der Waals surface area contributed by atoms with Crippen LogP contribution in [0.25, 0.3) is 5.70 Å². The first-order valence-corrected chi connectivity index (χ1v) is 6.49. The fraction of sp³-hybridized carbons (Fsp3) is 0.143. The quantitative estimate of drug-likeness (QED) is 0.367. The van der Waals surface area contributed by atoms with Crippen LogP contribution in [0.2, 0.25) is 0 Å². The van der Waals surface area contributed by atoms with Crippen LogP contribution in [0, 0.1) is 23.5 Å². The van der Waals surface area contributed by atoms with Crippen LogP contribution in [0.15, 0.2) is 35.0 Å². The largest absolute Gasteiger partial charge is 0.369 e. The van der Waals surface area contributed by atoms with E-state index in [4.69, 9.17) is 0 Å². The number of rotatable bonds is 3. The number of alkyl halides is 2. The first kappa shape index (κ1) is 19.5. The summed E-state index contributed by atoms with van der Waals surface area (Å²) < 4.78 is 65.3. The molecule has 1 aromatic rings. The van der Waals surface area contributed by atoms with Crippen molar-refractivity contribution in [2.24, 2.45) is 0 Å². The molecule has 1 aliphatic rings. The van der Waals surface area contributed by atoms with E-state index >= 15 is 0 Å². The molecule has 0 fully saturated rings. The fourth-order valence-corrected chi connectivity index (χ4v) is 2.16. The van der Waals surface area contributed by atoms with Gasteiger partial charge < -0.3 is 4.90 Å². The summed E-state index contributed by atoms with van der Waals surface area (Å²) in [5, 5.41) is 0. The molecular weight excluding hydrogens is 446 g/mol. The van der Waals surface area contributed by atoms with Gasteiger partial charge in [-0.3, -0.25) is 0 Å². The Balaban J connectivity index is 0.00000242. The van der Waals surface area contributed by atoms with Crippen molar-refractivity contribution < 1.29 is 54.7 Å². The van der Waals surface area contributed by atoms with Crippen LogP contribution in [0.5, 0.6) is 0 Å². The van der Waals surface area contributed by atoms with Crippen LogP contribution in [-0.4, -0.2) is 17.9 Å². The van der Waals surface area contributed by atoms with Crippen molar-refractivity contribution in [2.75, 3.05) is 6.54 Å². The molecule has 1 nitrogen and oxygen atoms in total. The number of allylic oxidation sites excluding steroid dienone is 3. The fourth-order valence-electron chi connectivity index (χ4n) is 1.83. The van der Waals surface area contributed by atoms with E-state index in [0.717, 1.165) is 17.0 Å². The van der Waals surface area contributed by atoms with Gasteiger partial charge >= 0.3 is 0 Å². The second kappa shape index (κ2) is 7.84. The third-order valence-corrected chi connectivity index (χ3v) is 3.47. The molecule has 1 radical (unpaired) electrons. The van der Waals surface area contributed by atoms with Gasteiger partial charge in [-0.05, 0) is 5.70 Å². The van der Waals surface area contributed by atoms with Gasteiger partial charge in [0.1, 0.15) is 0 Å². The molecule has 0 N–H and O–H groups in total. The molecule has 1 heterocycles. The third-order valence-electron chi connectivity index (χ3n) is 2.78. The minimum absolute atomic E-state index is 0. The molecule has 0 saturated carbocycles. The summed E-state index contributed by atoms with van der Waals surface area (Å²) >= 11 is 3.12. The van der Waals surface area contributed by atoms with Crippen LogP contribution < -0.4 is 0 Å². The van der Waals surface area contributed by atoms with Gasteiger partial charge in [0.15, 0.2) is 17.5 Å². The Morgan fingerprint density at radius 3 is 2.23 bits per heavy atom. The molecule has 0 atom stereocenters. The monoisotopic (exact) mass is 453 g/mol. The molecule has 22 heavy (non-hydrogen) atoms. The Labute approximate surface area is 157 Å². The Morgan fingerprint density at radius 1 is 1.18 bits per heavy atom. The summed E-state index contributed by atoms with van der Waals surface area (Å²) in [7, 11) is 0. The summed E-state index contributed by atoms with van der Waals surface area (Å²) in [5.41, 5.74) is 0.0694. The molecular formula is C14H8BrF5NY-. The third kappa shape index (κ3) is 4.06. The second-order valence-corrected chi connectivity index (χ2v) is 5.04. The summed E-state index contributed by atoms with van der Waals surface area (Å²) in [4.78, 5) is 1.06. The van der Waals surface area contributed by atoms with Crippen LogP contribution >= 0.6 is 15.9 Å². The molecule has 0 bridgehead atoms. The van der Waals surface area contributed by atoms with Crippen LogP contribution in [0.4, 0.5) is 22.0 Å². The predicted octanol–water partition coefficient (Wildman–Crippen LogP) is 4.62. The van der Waals surface area contributed by atoms with E-state index in [1.165, 1.54) is 6.08 Å². The van der Waals surface area contributed by atoms with Crippen LogP contribution in [0.1, 0.15) is 5.56 Å². The van der Waals surface area contributed by atoms with Gasteiger partial charge in [-0.1, -0.05) is 34.5 Å². The normalized spacial score (nSPS) is 14.7. The molecule has 0 aliphatic carbocycles. The van der Waals surface area contributed by atoms with Gasteiger partial charge in [-0.25, -0.2) is 22.0 Å². The van der Waals surface area contributed by atoms with Crippen molar-refractivity contribution in [1.82, 2.24) is 4.90 Å². The average molecular weight is 454 g/mol. The topological polar surface area (TPSA) is 3.24 Å². The van der Waals surface area contributed by atoms with E-state index in [2.05, 4.69) is 28.6 Å². The van der Waals surface area contributed by atoms with E-state index in [0.29, 0.717) is 4.48 Å². The molecule has 0 aromatic heterocycles. The van der Waals surface area contributed by atoms with Gasteiger partial charge in [0.05, 0.1) is 6.54 Å². The predicted molar refractivity (Wildman–Crippen MR) is 71.8 cm³/mol. The Hall–Kier alpha value is -0.526. The van der Waals surface area contributed by atoms with Crippen molar-refractivity contribution in [3.05, 3.63) is 64.1 Å². The maximum Gasteiger partial charge on any atom is 0.256 e. The first-order chi connectivity index (χ1) is 9.81. The Morgan fingerprint density at radius 2 is 1.73 bits per heavy atom. The minimum atomic E-state index is -2.70. The number of halogens is 6. The molecule has 115 valence electrons. The number of nitrogens with zero attached hydrogens (tertiary/aromatic N) is 1. The zero-order chi connectivity index (χ0) is 15.7. The van der Waals surface area contributed by atoms with Crippen LogP contribution in [0.3, 0.4) is 0 Å². The van der Waals surface area contributed by atoms with Crippen molar-refractivity contribution in [3.63, 3.8) is 0 Å². The molecule has 1 aromatic carbocycles. The molecule has 2 rings (SSSR count). The summed E-state index contributed by atoms with van der Waals surface area (Å²) in [6, 6.07) is 1.44. The van der Waals surface area contributed by atoms with Gasteiger partial charge in [-0.15, -0.1) is 15.9 Å². The Kier molecular flexibility index (Phi) is 6.95. The second-order valence-electron chi connectivity index (χ2n) is 4.19. The van der Waals surface area contributed by atoms with E-state index in [-0.39, 0.29) is 49.7 Å². The first-order valence-electron chi connectivity index (χ1n) is 5.70. The molecule has 8 heteroatoms. The summed E-state index contributed by atoms with van der Waals surface area (Å²) in [5.74, 6) is -4.43. The van der Waals surface area contributed by atoms with Crippen LogP contribution in [-0.2, 0) is 32.7 Å². The van der Waals surface area contributed by atoms with E-state index in [9.17, 15) is 22.0 Å². The maximum absolute atomic E-state index is 13.3. The molecule has 0 spiro atoms. The average Bonchev–Trinajstić information content (AvgIpc) is 2.40. The van der Waals surface area contributed by atoms with Gasteiger partial charge in [0.2, 0.25) is 0 Å². The minimum Gasteiger partial charge on any atom is -0.369 e. The van der Waals surface area contributed by atoms with E-state index in [1.54, 1.807) is 0 Å². The van der Waals surface area contributed by atoms with Gasteiger partial charge in [-0.2, -0.15) is 12.2 Å². The standard InChI is InChI=1S/C14H8BrF5N.Y/c1-7-9(15)2-3-12(21(7)6-13(18)19)8-4-10(16)14(20)11(17)5-8;/h2,4-5,13H,1,6H2;/q-1;. The smallest absolute Gasteiger partial charge is 0.256 e. The van der Waals surface area contributed by atoms with Crippen molar-refractivity contribution in [3.8, 4) is 0 Å². The molecule has 1 aliphatic heterocycles. The maximum atomic E-state index is 13.3. The zero-order valence-electron chi connectivity index (χ0n) is 11.0. The van der Waals surface area contributed by atoms with E-state index in [1.807, 2.05) is 0 Å². The number of hydrogen-bond acceptors (Lipinski definition) is 1. The van der Waals surface area contributed by atoms with Crippen molar-refractivity contribution in [2.45, 2.75) is 6.43 Å². The Bertz CT molecular complexity index is 634. The number of hydrogen-bond donors (Lipinski definition) is 0. The summed E-state index contributed by atoms with van der Waals surface area (Å²) in [6.07, 6.45) is 1.31. The van der Waals surface area contributed by atoms with Crippen molar-refractivity contribution in [1.29, 1.82) is 0 Å². The molecule has 0 saturated heterocycles. The SMILES string of the molecule is C=C1C(Br)=C[C-]=C(c2cc(F)c(F)c(F)c2)N1CC(F)F.[Y]. The van der Waals surface area contributed by atoms with Gasteiger partial charge in [0, 0.05) is 32.7 Å². The van der Waals surface area contributed by atoms with Gasteiger partial charge in [0.25, 0.3) is 6.43 Å². The summed E-state index contributed by atoms with van der Waals surface area (Å²) in [6.45, 7) is 2.89. The zero-order valence-corrected chi connectivity index (χ0v) is 15.4. The van der Waals surface area contributed by atoms with Crippen molar-refractivity contribution >= 4 is 21.6 Å². The number of benzene rings is 1. The molecule has 0 unspecified atom stereocenters. The van der Waals surface area contributed by atoms with E-state index < -0.39 is 30.4 Å².